The molecule has 1 N–H and O–H groups in total. The smallest absolute Gasteiger partial charge is 0.338 e. The zero-order valence-corrected chi connectivity index (χ0v) is 12.1. The van der Waals surface area contributed by atoms with E-state index in [1.807, 2.05) is 26.0 Å². The first kappa shape index (κ1) is 13.4. The second-order valence-electron chi connectivity index (χ2n) is 4.93. The topological polar surface area (TPSA) is 81.0 Å². The third-order valence-corrected chi connectivity index (χ3v) is 3.44. The number of esters is 1. The van der Waals surface area contributed by atoms with E-state index in [2.05, 4.69) is 15.2 Å². The summed E-state index contributed by atoms with van der Waals surface area (Å²) in [5.41, 5.74) is 3.74. The molecule has 0 unspecified atom stereocenters. The standard InChI is InChI=1S/C15H15N3O3/c1-8-9(2)16-13-5-4-11(6-12(8)13)15(19)20-7-14-18-17-10(3)21-14/h4-6,16H,7H2,1-3H3. The fourth-order valence-corrected chi connectivity index (χ4v) is 2.19. The van der Waals surface area contributed by atoms with Crippen molar-refractivity contribution in [2.75, 3.05) is 0 Å². The third-order valence-electron chi connectivity index (χ3n) is 3.44. The van der Waals surface area contributed by atoms with E-state index in [0.717, 1.165) is 22.2 Å². The van der Waals surface area contributed by atoms with Crippen molar-refractivity contribution in [1.82, 2.24) is 15.2 Å². The van der Waals surface area contributed by atoms with Crippen molar-refractivity contribution in [3.8, 4) is 0 Å². The maximum Gasteiger partial charge on any atom is 0.338 e. The van der Waals surface area contributed by atoms with E-state index in [0.29, 0.717) is 11.5 Å². The van der Waals surface area contributed by atoms with Crippen molar-refractivity contribution in [1.29, 1.82) is 0 Å². The van der Waals surface area contributed by atoms with Crippen LogP contribution in [0.4, 0.5) is 0 Å². The Bertz CT molecular complexity index is 817. The highest BCUT2D eigenvalue weighted by Crippen LogP contribution is 2.22. The molecule has 21 heavy (non-hydrogen) atoms. The van der Waals surface area contributed by atoms with E-state index in [1.165, 1.54) is 0 Å². The average molecular weight is 285 g/mol. The molecule has 0 atom stereocenters. The van der Waals surface area contributed by atoms with Gasteiger partial charge < -0.3 is 14.1 Å². The van der Waals surface area contributed by atoms with Crippen molar-refractivity contribution >= 4 is 16.9 Å². The van der Waals surface area contributed by atoms with Gasteiger partial charge in [0, 0.05) is 23.5 Å². The summed E-state index contributed by atoms with van der Waals surface area (Å²) in [7, 11) is 0. The summed E-state index contributed by atoms with van der Waals surface area (Å²) in [4.78, 5) is 15.3. The largest absolute Gasteiger partial charge is 0.452 e. The molecule has 0 saturated heterocycles. The number of H-pyrrole nitrogens is 1. The van der Waals surface area contributed by atoms with Crippen LogP contribution in [-0.4, -0.2) is 21.2 Å². The molecule has 0 aliphatic heterocycles. The number of rotatable bonds is 3. The molecule has 0 amide bonds. The number of aryl methyl sites for hydroxylation is 3. The number of aromatic nitrogens is 3. The Morgan fingerprint density at radius 2 is 2.10 bits per heavy atom. The van der Waals surface area contributed by atoms with E-state index in [-0.39, 0.29) is 12.5 Å². The zero-order valence-electron chi connectivity index (χ0n) is 12.1. The number of fused-ring (bicyclic) bond motifs is 1. The number of aromatic amines is 1. The summed E-state index contributed by atoms with van der Waals surface area (Å²) in [5, 5.41) is 8.48. The Kier molecular flexibility index (Phi) is 3.21. The van der Waals surface area contributed by atoms with Gasteiger partial charge in [-0.3, -0.25) is 0 Å². The normalized spacial score (nSPS) is 11.0. The Morgan fingerprint density at radius 3 is 2.81 bits per heavy atom. The Hall–Kier alpha value is -2.63. The van der Waals surface area contributed by atoms with Crippen LogP contribution in [0.15, 0.2) is 22.6 Å². The van der Waals surface area contributed by atoms with Gasteiger partial charge in [-0.25, -0.2) is 4.79 Å². The van der Waals surface area contributed by atoms with Gasteiger partial charge in [-0.15, -0.1) is 10.2 Å². The molecule has 2 aromatic heterocycles. The number of nitrogens with zero attached hydrogens (tertiary/aromatic N) is 2. The van der Waals surface area contributed by atoms with Crippen LogP contribution < -0.4 is 0 Å². The van der Waals surface area contributed by atoms with Crippen molar-refractivity contribution < 1.29 is 13.9 Å². The Balaban J connectivity index is 1.79. The van der Waals surface area contributed by atoms with E-state index < -0.39 is 5.97 Å². The lowest BCUT2D eigenvalue weighted by Crippen LogP contribution is -2.05. The molecule has 0 fully saturated rings. The van der Waals surface area contributed by atoms with Crippen LogP contribution in [0.1, 0.15) is 33.4 Å². The molecular weight excluding hydrogens is 270 g/mol. The van der Waals surface area contributed by atoms with Crippen LogP contribution in [0.3, 0.4) is 0 Å². The highest BCUT2D eigenvalue weighted by atomic mass is 16.5. The molecule has 6 heteroatoms. The number of carbonyl (C=O) groups is 1. The number of nitrogens with one attached hydrogen (secondary N) is 1. The minimum Gasteiger partial charge on any atom is -0.452 e. The van der Waals surface area contributed by atoms with Crippen molar-refractivity contribution in [2.45, 2.75) is 27.4 Å². The van der Waals surface area contributed by atoms with E-state index >= 15 is 0 Å². The predicted octanol–water partition coefficient (Wildman–Crippen LogP) is 2.83. The van der Waals surface area contributed by atoms with Crippen LogP contribution in [0.2, 0.25) is 0 Å². The van der Waals surface area contributed by atoms with Crippen LogP contribution >= 0.6 is 0 Å². The third kappa shape index (κ3) is 2.52. The van der Waals surface area contributed by atoms with E-state index in [4.69, 9.17) is 9.15 Å². The van der Waals surface area contributed by atoms with Crippen molar-refractivity contribution in [3.05, 3.63) is 46.8 Å². The summed E-state index contributed by atoms with van der Waals surface area (Å²) < 4.78 is 10.3. The lowest BCUT2D eigenvalue weighted by Gasteiger charge is -2.02. The molecule has 3 rings (SSSR count). The SMILES string of the molecule is Cc1nnc(COC(=O)c2ccc3[nH]c(C)c(C)c3c2)o1. The average Bonchev–Trinajstić information content (AvgIpc) is 3.01. The van der Waals surface area contributed by atoms with Crippen LogP contribution in [-0.2, 0) is 11.3 Å². The van der Waals surface area contributed by atoms with Gasteiger partial charge in [0.2, 0.25) is 5.89 Å². The first-order valence-corrected chi connectivity index (χ1v) is 6.59. The first-order chi connectivity index (χ1) is 10.0. The maximum absolute atomic E-state index is 12.1. The molecule has 0 saturated carbocycles. The Morgan fingerprint density at radius 1 is 1.29 bits per heavy atom. The van der Waals surface area contributed by atoms with Gasteiger partial charge in [0.05, 0.1) is 5.56 Å². The quantitative estimate of drug-likeness (QED) is 0.748. The molecule has 0 aliphatic carbocycles. The number of carbonyl (C=O) groups excluding carboxylic acids is 1. The lowest BCUT2D eigenvalue weighted by molar-refractivity contribution is 0.0437. The fourth-order valence-electron chi connectivity index (χ4n) is 2.19. The minimum absolute atomic E-state index is 0.0249. The fraction of sp³-hybridized carbons (Fsp3) is 0.267. The van der Waals surface area contributed by atoms with Gasteiger partial charge in [-0.2, -0.15) is 0 Å². The van der Waals surface area contributed by atoms with E-state index in [1.54, 1.807) is 13.0 Å². The van der Waals surface area contributed by atoms with Crippen molar-refractivity contribution in [2.24, 2.45) is 0 Å². The molecule has 0 bridgehead atoms. The summed E-state index contributed by atoms with van der Waals surface area (Å²) in [5.74, 6) is 0.322. The lowest BCUT2D eigenvalue weighted by atomic mass is 10.1. The molecule has 1 aromatic carbocycles. The molecule has 2 heterocycles. The Labute approximate surface area is 121 Å². The summed E-state index contributed by atoms with van der Waals surface area (Å²) in [6.07, 6.45) is 0. The number of hydrogen-bond donors (Lipinski definition) is 1. The molecule has 0 aliphatic rings. The minimum atomic E-state index is -0.411. The molecular formula is C15H15N3O3. The van der Waals surface area contributed by atoms with Crippen molar-refractivity contribution in [3.63, 3.8) is 0 Å². The van der Waals surface area contributed by atoms with Gasteiger partial charge in [0.15, 0.2) is 6.61 Å². The molecule has 0 radical (unpaired) electrons. The van der Waals surface area contributed by atoms with Gasteiger partial charge in [-0.1, -0.05) is 0 Å². The van der Waals surface area contributed by atoms with Gasteiger partial charge in [0.25, 0.3) is 5.89 Å². The predicted molar refractivity (Wildman–Crippen MR) is 75.9 cm³/mol. The summed E-state index contributed by atoms with van der Waals surface area (Å²) in [6, 6.07) is 5.44. The zero-order chi connectivity index (χ0) is 15.0. The van der Waals surface area contributed by atoms with Gasteiger partial charge in [-0.05, 0) is 37.6 Å². The molecule has 3 aromatic rings. The number of ether oxygens (including phenoxy) is 1. The number of hydrogen-bond acceptors (Lipinski definition) is 5. The van der Waals surface area contributed by atoms with Crippen LogP contribution in [0, 0.1) is 20.8 Å². The highest BCUT2D eigenvalue weighted by Gasteiger charge is 2.12. The van der Waals surface area contributed by atoms with Crippen LogP contribution in [0.25, 0.3) is 10.9 Å². The van der Waals surface area contributed by atoms with Gasteiger partial charge >= 0.3 is 5.97 Å². The van der Waals surface area contributed by atoms with E-state index in [9.17, 15) is 4.79 Å². The molecule has 6 nitrogen and oxygen atoms in total. The molecule has 108 valence electrons. The maximum atomic E-state index is 12.1. The monoisotopic (exact) mass is 285 g/mol. The second kappa shape index (κ2) is 5.05. The summed E-state index contributed by atoms with van der Waals surface area (Å²) >= 11 is 0. The highest BCUT2D eigenvalue weighted by molar-refractivity contribution is 5.96. The van der Waals surface area contributed by atoms with Crippen LogP contribution in [0.5, 0.6) is 0 Å². The summed E-state index contributed by atoms with van der Waals surface area (Å²) in [6.45, 7) is 5.68. The molecule has 0 spiro atoms. The first-order valence-electron chi connectivity index (χ1n) is 6.59. The number of benzene rings is 1. The van der Waals surface area contributed by atoms with Gasteiger partial charge in [0.1, 0.15) is 0 Å². The second-order valence-corrected chi connectivity index (χ2v) is 4.93.